The van der Waals surface area contributed by atoms with Gasteiger partial charge in [-0.05, 0) is 43.0 Å². The molecule has 1 N–H and O–H groups in total. The van der Waals surface area contributed by atoms with E-state index >= 15 is 0 Å². The predicted octanol–water partition coefficient (Wildman–Crippen LogP) is 2.27. The largest absolute Gasteiger partial charge is 0.360 e. The van der Waals surface area contributed by atoms with Gasteiger partial charge in [0, 0.05) is 19.2 Å². The Balaban J connectivity index is 1.83. The lowest BCUT2D eigenvalue weighted by Crippen LogP contribution is -2.37. The molecule has 148 valence electrons. The van der Waals surface area contributed by atoms with E-state index in [0.29, 0.717) is 30.7 Å². The van der Waals surface area contributed by atoms with Crippen LogP contribution in [0.5, 0.6) is 0 Å². The molecule has 0 radical (unpaired) electrons. The van der Waals surface area contributed by atoms with Crippen LogP contribution >= 0.6 is 0 Å². The van der Waals surface area contributed by atoms with Crippen LogP contribution in [0.4, 0.5) is 5.82 Å². The molecule has 27 heavy (non-hydrogen) atoms. The van der Waals surface area contributed by atoms with Crippen molar-refractivity contribution in [3.05, 3.63) is 41.2 Å². The molecule has 8 nitrogen and oxygen atoms in total. The van der Waals surface area contributed by atoms with Crippen molar-refractivity contribution in [3.63, 3.8) is 0 Å². The molecule has 0 amide bonds. The molecular formula is C17H23N3O5S2. The van der Waals surface area contributed by atoms with Gasteiger partial charge in [-0.2, -0.15) is 4.31 Å². The van der Waals surface area contributed by atoms with Crippen molar-refractivity contribution in [2.24, 2.45) is 0 Å². The van der Waals surface area contributed by atoms with Crippen molar-refractivity contribution in [1.29, 1.82) is 0 Å². The van der Waals surface area contributed by atoms with Crippen LogP contribution in [0.1, 0.15) is 36.7 Å². The summed E-state index contributed by atoms with van der Waals surface area (Å²) in [5.41, 5.74) is 1.67. The van der Waals surface area contributed by atoms with E-state index in [0.717, 1.165) is 12.0 Å². The number of hydrogen-bond donors (Lipinski definition) is 1. The van der Waals surface area contributed by atoms with Gasteiger partial charge in [0.05, 0.1) is 10.6 Å². The number of anilines is 1. The zero-order valence-corrected chi connectivity index (χ0v) is 16.9. The van der Waals surface area contributed by atoms with E-state index in [4.69, 9.17) is 4.52 Å². The lowest BCUT2D eigenvalue weighted by molar-refractivity contribution is 0.390. The quantitative estimate of drug-likeness (QED) is 0.746. The molecule has 2 aromatic rings. The maximum absolute atomic E-state index is 12.6. The molecule has 0 aliphatic carbocycles. The molecule has 0 fully saturated rings. The zero-order valence-electron chi connectivity index (χ0n) is 15.3. The van der Waals surface area contributed by atoms with E-state index in [1.54, 1.807) is 13.0 Å². The number of aromatic nitrogens is 1. The molecule has 1 aliphatic rings. The first kappa shape index (κ1) is 19.8. The number of sulfonamides is 2. The van der Waals surface area contributed by atoms with Crippen LogP contribution in [0.15, 0.2) is 33.7 Å². The van der Waals surface area contributed by atoms with Gasteiger partial charge in [-0.15, -0.1) is 0 Å². The van der Waals surface area contributed by atoms with E-state index in [9.17, 15) is 16.8 Å². The van der Waals surface area contributed by atoms with Gasteiger partial charge in [0.2, 0.25) is 10.0 Å². The summed E-state index contributed by atoms with van der Waals surface area (Å²) in [4.78, 5) is 0.0645. The molecule has 0 unspecified atom stereocenters. The molecule has 10 heteroatoms. The van der Waals surface area contributed by atoms with Crippen molar-refractivity contribution >= 4 is 25.9 Å². The third kappa shape index (κ3) is 4.50. The molecule has 0 atom stereocenters. The molecular weight excluding hydrogens is 390 g/mol. The first-order valence-corrected chi connectivity index (χ1v) is 11.9. The summed E-state index contributed by atoms with van der Waals surface area (Å²) in [6.45, 7) is 4.22. The van der Waals surface area contributed by atoms with Gasteiger partial charge in [0.1, 0.15) is 5.76 Å². The normalized spacial score (nSPS) is 15.5. The number of nitrogens with zero attached hydrogens (tertiary/aromatic N) is 2. The van der Waals surface area contributed by atoms with E-state index < -0.39 is 20.0 Å². The summed E-state index contributed by atoms with van der Waals surface area (Å²) in [7, 11) is -7.18. The van der Waals surface area contributed by atoms with Crippen LogP contribution in [0.25, 0.3) is 0 Å². The van der Waals surface area contributed by atoms with Gasteiger partial charge in [-0.25, -0.2) is 16.8 Å². The molecule has 1 aliphatic heterocycles. The van der Waals surface area contributed by atoms with E-state index in [1.165, 1.54) is 22.5 Å². The number of hydrogen-bond acceptors (Lipinski definition) is 6. The third-order valence-corrected chi connectivity index (χ3v) is 7.74. The average Bonchev–Trinajstić information content (AvgIpc) is 3.03. The Kier molecular flexibility index (Phi) is 5.59. The Morgan fingerprint density at radius 1 is 1.19 bits per heavy atom. The molecule has 0 bridgehead atoms. The van der Waals surface area contributed by atoms with Crippen LogP contribution in [-0.4, -0.2) is 38.6 Å². The van der Waals surface area contributed by atoms with E-state index in [2.05, 4.69) is 9.88 Å². The Morgan fingerprint density at radius 3 is 2.63 bits per heavy atom. The van der Waals surface area contributed by atoms with Crippen LogP contribution < -0.4 is 4.72 Å². The number of unbranched alkanes of at least 4 members (excludes halogenated alkanes) is 1. The monoisotopic (exact) mass is 413 g/mol. The van der Waals surface area contributed by atoms with Crippen molar-refractivity contribution in [2.45, 2.75) is 44.6 Å². The second kappa shape index (κ2) is 7.61. The topological polar surface area (TPSA) is 110 Å². The van der Waals surface area contributed by atoms with Gasteiger partial charge in [0.25, 0.3) is 10.0 Å². The van der Waals surface area contributed by atoms with Crippen molar-refractivity contribution in [3.8, 4) is 0 Å². The van der Waals surface area contributed by atoms with Gasteiger partial charge in [-0.3, -0.25) is 4.72 Å². The van der Waals surface area contributed by atoms with Crippen LogP contribution in [-0.2, 0) is 33.0 Å². The Bertz CT molecular complexity index is 1030. The highest BCUT2D eigenvalue weighted by molar-refractivity contribution is 7.92. The van der Waals surface area contributed by atoms with Gasteiger partial charge >= 0.3 is 0 Å². The molecule has 3 rings (SSSR count). The smallest absolute Gasteiger partial charge is 0.263 e. The van der Waals surface area contributed by atoms with Crippen molar-refractivity contribution < 1.29 is 21.4 Å². The molecule has 2 heterocycles. The highest BCUT2D eigenvalue weighted by Gasteiger charge is 2.27. The number of benzene rings is 1. The Morgan fingerprint density at radius 2 is 1.96 bits per heavy atom. The van der Waals surface area contributed by atoms with Crippen molar-refractivity contribution in [2.75, 3.05) is 17.0 Å². The second-order valence-corrected chi connectivity index (χ2v) is 10.4. The van der Waals surface area contributed by atoms with Gasteiger partial charge in [0.15, 0.2) is 5.82 Å². The zero-order chi connectivity index (χ0) is 19.7. The summed E-state index contributed by atoms with van der Waals surface area (Å²) in [5.74, 6) is 0.712. The minimum Gasteiger partial charge on any atom is -0.360 e. The molecule has 1 aromatic carbocycles. The number of nitrogens with one attached hydrogen (secondary N) is 1. The lowest BCUT2D eigenvalue weighted by Gasteiger charge is -2.28. The summed E-state index contributed by atoms with van der Waals surface area (Å²) in [6.07, 6.45) is 1.98. The highest BCUT2D eigenvalue weighted by Crippen LogP contribution is 2.25. The maximum atomic E-state index is 12.6. The average molecular weight is 414 g/mol. The van der Waals surface area contributed by atoms with E-state index in [1.807, 2.05) is 6.92 Å². The highest BCUT2D eigenvalue weighted by atomic mass is 32.2. The summed E-state index contributed by atoms with van der Waals surface area (Å²) in [5, 5.41) is 3.63. The van der Waals surface area contributed by atoms with Gasteiger partial charge < -0.3 is 4.52 Å². The third-order valence-electron chi connectivity index (χ3n) is 4.48. The van der Waals surface area contributed by atoms with Crippen LogP contribution in [0.2, 0.25) is 0 Å². The minimum atomic E-state index is -3.84. The molecule has 1 aromatic heterocycles. The standard InChI is InChI=1S/C17H23N3O5S2/c1-3-4-9-26(21,22)20-8-7-14-5-6-16(11-15(14)12-20)27(23,24)19-17-10-13(2)25-18-17/h5-6,10-11H,3-4,7-9,12H2,1-2H3,(H,18,19). The van der Waals surface area contributed by atoms with Gasteiger partial charge in [-0.1, -0.05) is 24.6 Å². The van der Waals surface area contributed by atoms with Crippen LogP contribution in [0.3, 0.4) is 0 Å². The maximum Gasteiger partial charge on any atom is 0.263 e. The van der Waals surface area contributed by atoms with E-state index in [-0.39, 0.29) is 23.0 Å². The van der Waals surface area contributed by atoms with Crippen LogP contribution in [0, 0.1) is 6.92 Å². The summed E-state index contributed by atoms with van der Waals surface area (Å²) >= 11 is 0. The fourth-order valence-corrected chi connectivity index (χ4v) is 5.63. The first-order chi connectivity index (χ1) is 12.7. The molecule has 0 saturated carbocycles. The fourth-order valence-electron chi connectivity index (χ4n) is 2.98. The predicted molar refractivity (Wildman–Crippen MR) is 101 cm³/mol. The second-order valence-electron chi connectivity index (χ2n) is 6.61. The molecule has 0 spiro atoms. The number of fused-ring (bicyclic) bond motifs is 1. The Hall–Kier alpha value is -1.91. The fraction of sp³-hybridized carbons (Fsp3) is 0.471. The number of aryl methyl sites for hydroxylation is 1. The number of rotatable bonds is 7. The lowest BCUT2D eigenvalue weighted by atomic mass is 10.0. The minimum absolute atomic E-state index is 0.0645. The SMILES string of the molecule is CCCCS(=O)(=O)N1CCc2ccc(S(=O)(=O)Nc3cc(C)on3)cc2C1. The van der Waals surface area contributed by atoms with Crippen molar-refractivity contribution in [1.82, 2.24) is 9.46 Å². The molecule has 0 saturated heterocycles. The first-order valence-electron chi connectivity index (χ1n) is 8.77. The summed E-state index contributed by atoms with van der Waals surface area (Å²) in [6, 6.07) is 6.29. The Labute approximate surface area is 159 Å². The summed E-state index contributed by atoms with van der Waals surface area (Å²) < 4.78 is 58.8.